The van der Waals surface area contributed by atoms with Crippen LogP contribution >= 0.6 is 0 Å². The van der Waals surface area contributed by atoms with E-state index in [9.17, 15) is 19.8 Å². The zero-order valence-corrected chi connectivity index (χ0v) is 18.4. The molecular weight excluding hydrogens is 372 g/mol. The Morgan fingerprint density at radius 1 is 1.10 bits per heavy atom. The molecule has 2 N–H and O–H groups in total. The lowest BCUT2D eigenvalue weighted by molar-refractivity contribution is -0.148. The van der Waals surface area contributed by atoms with Crippen LogP contribution < -0.4 is 4.74 Å². The smallest absolute Gasteiger partial charge is 0.302 e. The Labute approximate surface area is 174 Å². The van der Waals surface area contributed by atoms with Crippen LogP contribution in [0.3, 0.4) is 0 Å². The molecule has 0 spiro atoms. The van der Waals surface area contributed by atoms with E-state index in [1.807, 2.05) is 0 Å². The van der Waals surface area contributed by atoms with Gasteiger partial charge in [0.05, 0.1) is 7.11 Å². The molecule has 1 aromatic rings. The van der Waals surface area contributed by atoms with E-state index in [2.05, 4.69) is 20.8 Å². The van der Waals surface area contributed by atoms with E-state index in [1.54, 1.807) is 6.07 Å². The number of hydrogen-bond acceptors (Lipinski definition) is 6. The number of phenolic OH excluding ortho intramolecular Hbond substituents is 2. The molecule has 164 valence electrons. The summed E-state index contributed by atoms with van der Waals surface area (Å²) in [5, 5.41) is 19.9. The third-order valence-electron chi connectivity index (χ3n) is 4.92. The third-order valence-corrected chi connectivity index (χ3v) is 4.92. The number of benzene rings is 1. The highest BCUT2D eigenvalue weighted by atomic mass is 16.5. The number of carbonyl (C=O) groups excluding carboxylic acids is 2. The molecule has 0 radical (unpaired) electrons. The van der Waals surface area contributed by atoms with Crippen molar-refractivity contribution >= 4 is 11.8 Å². The number of ketones is 1. The van der Waals surface area contributed by atoms with Crippen LogP contribution in [0, 0.1) is 5.92 Å². The van der Waals surface area contributed by atoms with E-state index < -0.39 is 6.10 Å². The number of ether oxygens (including phenoxy) is 2. The van der Waals surface area contributed by atoms with Crippen LogP contribution in [-0.4, -0.2) is 35.2 Å². The van der Waals surface area contributed by atoms with Crippen molar-refractivity contribution in [3.8, 4) is 17.2 Å². The van der Waals surface area contributed by atoms with Crippen LogP contribution in [0.25, 0.3) is 0 Å². The van der Waals surface area contributed by atoms with Crippen LogP contribution in [0.15, 0.2) is 12.1 Å². The number of carbonyl (C=O) groups is 2. The van der Waals surface area contributed by atoms with Crippen molar-refractivity contribution in [2.75, 3.05) is 7.11 Å². The Bertz CT molecular complexity index is 668. The minimum Gasteiger partial charge on any atom is -0.504 e. The van der Waals surface area contributed by atoms with E-state index in [4.69, 9.17) is 9.47 Å². The van der Waals surface area contributed by atoms with Gasteiger partial charge in [0.15, 0.2) is 11.5 Å². The molecule has 6 heteroatoms. The van der Waals surface area contributed by atoms with Gasteiger partial charge in [-0.3, -0.25) is 9.59 Å². The predicted molar refractivity (Wildman–Crippen MR) is 112 cm³/mol. The number of phenols is 2. The van der Waals surface area contributed by atoms with E-state index in [1.165, 1.54) is 20.1 Å². The first-order valence-electron chi connectivity index (χ1n) is 10.5. The number of Topliss-reactive ketones (excluding diaryl/α,β-unsaturated/α-hetero) is 1. The number of esters is 1. The van der Waals surface area contributed by atoms with Crippen LogP contribution in [0.5, 0.6) is 17.2 Å². The lowest BCUT2D eigenvalue weighted by Gasteiger charge is -2.22. The van der Waals surface area contributed by atoms with Crippen molar-refractivity contribution in [3.05, 3.63) is 17.7 Å². The first kappa shape index (κ1) is 24.8. The van der Waals surface area contributed by atoms with Crippen molar-refractivity contribution in [3.63, 3.8) is 0 Å². The topological polar surface area (TPSA) is 93.1 Å². The zero-order valence-electron chi connectivity index (χ0n) is 18.4. The average molecular weight is 409 g/mol. The zero-order chi connectivity index (χ0) is 22.0. The monoisotopic (exact) mass is 408 g/mol. The molecule has 29 heavy (non-hydrogen) atoms. The quantitative estimate of drug-likeness (QED) is 0.268. The number of aromatic hydroxyl groups is 2. The van der Waals surface area contributed by atoms with Crippen molar-refractivity contribution in [2.24, 2.45) is 5.92 Å². The highest BCUT2D eigenvalue weighted by Crippen LogP contribution is 2.40. The van der Waals surface area contributed by atoms with E-state index >= 15 is 0 Å². The molecule has 1 rings (SSSR count). The summed E-state index contributed by atoms with van der Waals surface area (Å²) in [6.07, 6.45) is 4.51. The first-order chi connectivity index (χ1) is 13.7. The van der Waals surface area contributed by atoms with E-state index in [0.29, 0.717) is 12.3 Å². The van der Waals surface area contributed by atoms with Crippen LogP contribution in [0.4, 0.5) is 0 Å². The molecule has 0 heterocycles. The van der Waals surface area contributed by atoms with E-state index in [-0.39, 0.29) is 47.8 Å². The standard InChI is InChI=1S/C23H36O6/c1-6-7-8-9-20(29-16(4)24)14-19(25)11-17(10-15(2)3)18-12-21(26)23(27)22(13-18)28-5/h12-13,15,17,20,26-27H,6-11,14H2,1-5H3/t17-,20+/m0/s1. The summed E-state index contributed by atoms with van der Waals surface area (Å²) in [5.74, 6) is -0.538. The van der Waals surface area contributed by atoms with Crippen LogP contribution in [0.2, 0.25) is 0 Å². The predicted octanol–water partition coefficient (Wildman–Crippen LogP) is 5.10. The second-order valence-corrected chi connectivity index (χ2v) is 8.09. The highest BCUT2D eigenvalue weighted by molar-refractivity contribution is 5.80. The van der Waals surface area contributed by atoms with Gasteiger partial charge in [0.25, 0.3) is 0 Å². The minimum absolute atomic E-state index is 0.0185. The fourth-order valence-corrected chi connectivity index (χ4v) is 3.58. The van der Waals surface area contributed by atoms with Crippen molar-refractivity contribution in [1.82, 2.24) is 0 Å². The average Bonchev–Trinajstić information content (AvgIpc) is 2.62. The molecule has 0 amide bonds. The van der Waals surface area contributed by atoms with Gasteiger partial charge in [0.2, 0.25) is 5.75 Å². The lowest BCUT2D eigenvalue weighted by atomic mass is 9.85. The molecule has 0 saturated carbocycles. The fourth-order valence-electron chi connectivity index (χ4n) is 3.58. The maximum Gasteiger partial charge on any atom is 0.302 e. The SMILES string of the molecule is CCCCC[C@H](CC(=O)C[C@H](CC(C)C)c1cc(O)c(O)c(OC)c1)OC(C)=O. The van der Waals surface area contributed by atoms with Crippen molar-refractivity contribution in [2.45, 2.75) is 84.7 Å². The summed E-state index contributed by atoms with van der Waals surface area (Å²) in [6.45, 7) is 7.61. The minimum atomic E-state index is -0.394. The third kappa shape index (κ3) is 8.75. The molecule has 6 nitrogen and oxygen atoms in total. The maximum atomic E-state index is 12.8. The van der Waals surface area contributed by atoms with Gasteiger partial charge in [-0.1, -0.05) is 33.6 Å². The van der Waals surface area contributed by atoms with Crippen LogP contribution in [-0.2, 0) is 14.3 Å². The van der Waals surface area contributed by atoms with Crippen molar-refractivity contribution in [1.29, 1.82) is 0 Å². The molecule has 0 aliphatic heterocycles. The molecular formula is C23H36O6. The number of unbranched alkanes of at least 4 members (excludes halogenated alkanes) is 2. The van der Waals surface area contributed by atoms with Gasteiger partial charge < -0.3 is 19.7 Å². The Morgan fingerprint density at radius 2 is 1.79 bits per heavy atom. The first-order valence-corrected chi connectivity index (χ1v) is 10.5. The number of rotatable bonds is 13. The second kappa shape index (κ2) is 12.3. The Hall–Kier alpha value is -2.24. The molecule has 0 aromatic heterocycles. The number of hydrogen-bond donors (Lipinski definition) is 2. The normalized spacial score (nSPS) is 13.2. The maximum absolute atomic E-state index is 12.8. The molecule has 0 fully saturated rings. The fraction of sp³-hybridized carbons (Fsp3) is 0.652. The molecule has 0 aliphatic rings. The summed E-state index contributed by atoms with van der Waals surface area (Å²) in [7, 11) is 1.42. The summed E-state index contributed by atoms with van der Waals surface area (Å²) >= 11 is 0. The summed E-state index contributed by atoms with van der Waals surface area (Å²) in [4.78, 5) is 24.2. The summed E-state index contributed by atoms with van der Waals surface area (Å²) < 4.78 is 10.5. The van der Waals surface area contributed by atoms with Gasteiger partial charge in [0.1, 0.15) is 11.9 Å². The summed E-state index contributed by atoms with van der Waals surface area (Å²) in [5.41, 5.74) is 0.745. The molecule has 2 atom stereocenters. The van der Waals surface area contributed by atoms with Gasteiger partial charge in [0, 0.05) is 19.8 Å². The molecule has 0 unspecified atom stereocenters. The Morgan fingerprint density at radius 3 is 2.34 bits per heavy atom. The summed E-state index contributed by atoms with van der Waals surface area (Å²) in [6, 6.07) is 3.16. The van der Waals surface area contributed by atoms with Gasteiger partial charge >= 0.3 is 5.97 Å². The highest BCUT2D eigenvalue weighted by Gasteiger charge is 2.24. The Kier molecular flexibility index (Phi) is 10.6. The van der Waals surface area contributed by atoms with E-state index in [0.717, 1.165) is 31.2 Å². The second-order valence-electron chi connectivity index (χ2n) is 8.09. The molecule has 0 aliphatic carbocycles. The van der Waals surface area contributed by atoms with Gasteiger partial charge in [-0.2, -0.15) is 0 Å². The van der Waals surface area contributed by atoms with Crippen molar-refractivity contribution < 1.29 is 29.3 Å². The lowest BCUT2D eigenvalue weighted by Crippen LogP contribution is -2.22. The van der Waals surface area contributed by atoms with Crippen LogP contribution in [0.1, 0.15) is 84.1 Å². The number of methoxy groups -OCH3 is 1. The molecule has 0 bridgehead atoms. The Balaban J connectivity index is 2.95. The van der Waals surface area contributed by atoms with Gasteiger partial charge in [-0.25, -0.2) is 0 Å². The molecule has 1 aromatic carbocycles. The largest absolute Gasteiger partial charge is 0.504 e. The van der Waals surface area contributed by atoms with Gasteiger partial charge in [-0.05, 0) is 48.8 Å². The molecule has 0 saturated heterocycles. The van der Waals surface area contributed by atoms with Gasteiger partial charge in [-0.15, -0.1) is 0 Å².